The highest BCUT2D eigenvalue weighted by Gasteiger charge is 2.10. The molecule has 0 bridgehead atoms. The molecular formula is C18H17N5O. The number of aromatic amines is 1. The molecule has 6 heteroatoms. The molecule has 0 aliphatic rings. The maximum Gasteiger partial charge on any atom is 0.164 e. The van der Waals surface area contributed by atoms with E-state index < -0.39 is 0 Å². The van der Waals surface area contributed by atoms with Gasteiger partial charge in [0, 0.05) is 41.0 Å². The summed E-state index contributed by atoms with van der Waals surface area (Å²) in [4.78, 5) is 7.55. The number of nitrogens with one attached hydrogen (secondary N) is 2. The van der Waals surface area contributed by atoms with E-state index in [-0.39, 0.29) is 0 Å². The number of anilines is 1. The van der Waals surface area contributed by atoms with Crippen molar-refractivity contribution < 1.29 is 4.74 Å². The lowest BCUT2D eigenvalue weighted by atomic mass is 10.1. The third-order valence-electron chi connectivity index (χ3n) is 3.64. The highest BCUT2D eigenvalue weighted by Crippen LogP contribution is 2.20. The molecule has 3 aromatic rings. The van der Waals surface area contributed by atoms with Crippen LogP contribution in [-0.2, 0) is 11.3 Å². The van der Waals surface area contributed by atoms with Crippen molar-refractivity contribution in [1.29, 1.82) is 5.26 Å². The molecule has 0 spiro atoms. The van der Waals surface area contributed by atoms with E-state index in [1.54, 1.807) is 13.3 Å². The van der Waals surface area contributed by atoms with Crippen LogP contribution in [0.2, 0.25) is 0 Å². The number of nitrogens with zero attached hydrogens (tertiary/aromatic N) is 3. The molecule has 6 nitrogen and oxygen atoms in total. The molecule has 1 aromatic carbocycles. The second-order valence-corrected chi connectivity index (χ2v) is 5.35. The number of aromatic nitrogens is 2. The van der Waals surface area contributed by atoms with Gasteiger partial charge in [-0.15, -0.1) is 0 Å². The zero-order valence-electron chi connectivity index (χ0n) is 13.5. The van der Waals surface area contributed by atoms with Crippen molar-refractivity contribution in [2.75, 3.05) is 12.5 Å². The van der Waals surface area contributed by atoms with Gasteiger partial charge < -0.3 is 9.72 Å². The molecule has 0 saturated heterocycles. The Morgan fingerprint density at radius 2 is 2.25 bits per heavy atom. The first-order chi connectivity index (χ1) is 11.7. The number of ether oxygens (including phenoxy) is 1. The van der Waals surface area contributed by atoms with Crippen LogP contribution in [0.3, 0.4) is 0 Å². The van der Waals surface area contributed by atoms with Gasteiger partial charge in [0.1, 0.15) is 11.6 Å². The molecule has 0 unspecified atom stereocenters. The van der Waals surface area contributed by atoms with Crippen molar-refractivity contribution in [2.45, 2.75) is 13.5 Å². The number of methoxy groups -OCH3 is 1. The molecule has 0 amide bonds. The third-order valence-corrected chi connectivity index (χ3v) is 3.64. The van der Waals surface area contributed by atoms with E-state index in [1.807, 2.05) is 43.5 Å². The van der Waals surface area contributed by atoms with Gasteiger partial charge in [0.2, 0.25) is 0 Å². The van der Waals surface area contributed by atoms with Gasteiger partial charge in [-0.1, -0.05) is 18.2 Å². The molecule has 2 heterocycles. The van der Waals surface area contributed by atoms with Gasteiger partial charge in [0.05, 0.1) is 12.8 Å². The first-order valence-corrected chi connectivity index (χ1v) is 7.47. The minimum absolute atomic E-state index is 0.354. The van der Waals surface area contributed by atoms with Crippen molar-refractivity contribution in [3.8, 4) is 6.07 Å². The lowest BCUT2D eigenvalue weighted by Gasteiger charge is -2.09. The normalized spacial score (nSPS) is 11.0. The Morgan fingerprint density at radius 3 is 3.04 bits per heavy atom. The number of pyridine rings is 1. The summed E-state index contributed by atoms with van der Waals surface area (Å²) in [5.41, 5.74) is 6.91. The molecule has 0 radical (unpaired) electrons. The van der Waals surface area contributed by atoms with Crippen LogP contribution in [0.4, 0.5) is 5.82 Å². The van der Waals surface area contributed by atoms with Gasteiger partial charge >= 0.3 is 0 Å². The minimum atomic E-state index is 0.354. The van der Waals surface area contributed by atoms with Crippen molar-refractivity contribution >= 4 is 22.9 Å². The number of para-hydroxylation sites is 1. The van der Waals surface area contributed by atoms with Crippen LogP contribution in [0.15, 0.2) is 41.6 Å². The van der Waals surface area contributed by atoms with Crippen LogP contribution in [0.25, 0.3) is 10.9 Å². The van der Waals surface area contributed by atoms with Crippen molar-refractivity contribution in [3.63, 3.8) is 0 Å². The number of benzene rings is 1. The first kappa shape index (κ1) is 15.7. The van der Waals surface area contributed by atoms with Gasteiger partial charge in [-0.3, -0.25) is 5.43 Å². The van der Waals surface area contributed by atoms with Crippen molar-refractivity contribution in [1.82, 2.24) is 9.97 Å². The minimum Gasteiger partial charge on any atom is -0.380 e. The summed E-state index contributed by atoms with van der Waals surface area (Å²) in [6.07, 6.45) is 3.60. The summed E-state index contributed by atoms with van der Waals surface area (Å²) in [5.74, 6) is 0.431. The quantitative estimate of drug-likeness (QED) is 0.558. The lowest BCUT2D eigenvalue weighted by Crippen LogP contribution is -2.03. The first-order valence-electron chi connectivity index (χ1n) is 7.47. The Bertz CT molecular complexity index is 936. The molecule has 2 N–H and O–H groups in total. The summed E-state index contributed by atoms with van der Waals surface area (Å²) in [5, 5.41) is 14.7. The van der Waals surface area contributed by atoms with E-state index in [1.165, 1.54) is 0 Å². The number of fused-ring (bicyclic) bond motifs is 1. The van der Waals surface area contributed by atoms with E-state index in [9.17, 15) is 5.26 Å². The zero-order valence-corrected chi connectivity index (χ0v) is 13.5. The van der Waals surface area contributed by atoms with Crippen LogP contribution >= 0.6 is 0 Å². The second kappa shape index (κ2) is 6.94. The average molecular weight is 319 g/mol. The Morgan fingerprint density at radius 1 is 1.42 bits per heavy atom. The fraction of sp³-hybridized carbons (Fsp3) is 0.167. The van der Waals surface area contributed by atoms with Gasteiger partial charge in [0.25, 0.3) is 0 Å². The molecule has 2 aromatic heterocycles. The van der Waals surface area contributed by atoms with Gasteiger partial charge in [-0.25, -0.2) is 4.98 Å². The Kier molecular flexibility index (Phi) is 4.54. The number of hydrazone groups is 1. The molecule has 24 heavy (non-hydrogen) atoms. The topological polar surface area (TPSA) is 86.1 Å². The number of hydrogen-bond acceptors (Lipinski definition) is 5. The van der Waals surface area contributed by atoms with Gasteiger partial charge in [-0.2, -0.15) is 10.4 Å². The number of aryl methyl sites for hydroxylation is 1. The molecule has 0 atom stereocenters. The van der Waals surface area contributed by atoms with E-state index in [4.69, 9.17) is 4.74 Å². The van der Waals surface area contributed by atoms with Crippen LogP contribution < -0.4 is 5.43 Å². The monoisotopic (exact) mass is 319 g/mol. The maximum absolute atomic E-state index is 9.40. The molecule has 0 fully saturated rings. The van der Waals surface area contributed by atoms with E-state index in [0.717, 1.165) is 27.7 Å². The van der Waals surface area contributed by atoms with Crippen LogP contribution in [0.5, 0.6) is 0 Å². The molecule has 0 aliphatic carbocycles. The summed E-state index contributed by atoms with van der Waals surface area (Å²) in [6.45, 7) is 2.22. The fourth-order valence-corrected chi connectivity index (χ4v) is 2.58. The van der Waals surface area contributed by atoms with E-state index in [2.05, 4.69) is 26.6 Å². The van der Waals surface area contributed by atoms with Crippen molar-refractivity contribution in [2.24, 2.45) is 5.10 Å². The molecular weight excluding hydrogens is 302 g/mol. The highest BCUT2D eigenvalue weighted by atomic mass is 16.5. The SMILES string of the molecule is COCc1cc(C)nc(NN=Cc2c[nH]c3ccccc23)c1C#N. The zero-order chi connectivity index (χ0) is 16.9. The standard InChI is InChI=1S/C18H17N5O/c1-12-7-13(11-24-2)16(8-19)18(22-12)23-21-10-14-9-20-17-6-4-3-5-15(14)17/h3-7,9-10,20H,11H2,1-2H3,(H,22,23). The summed E-state index contributed by atoms with van der Waals surface area (Å²) < 4.78 is 5.14. The summed E-state index contributed by atoms with van der Waals surface area (Å²) in [7, 11) is 1.60. The lowest BCUT2D eigenvalue weighted by molar-refractivity contribution is 0.184. The smallest absolute Gasteiger partial charge is 0.164 e. The Balaban J connectivity index is 1.87. The number of H-pyrrole nitrogens is 1. The molecule has 120 valence electrons. The predicted octanol–water partition coefficient (Wildman–Crippen LogP) is 3.34. The van der Waals surface area contributed by atoms with Gasteiger partial charge in [-0.05, 0) is 19.1 Å². The van der Waals surface area contributed by atoms with Crippen LogP contribution in [0, 0.1) is 18.3 Å². The maximum atomic E-state index is 9.40. The predicted molar refractivity (Wildman–Crippen MR) is 93.9 cm³/mol. The number of hydrogen-bond donors (Lipinski definition) is 2. The number of rotatable bonds is 5. The molecule has 3 rings (SSSR count). The largest absolute Gasteiger partial charge is 0.380 e. The fourth-order valence-electron chi connectivity index (χ4n) is 2.58. The van der Waals surface area contributed by atoms with Crippen molar-refractivity contribution in [3.05, 3.63) is 58.9 Å². The third kappa shape index (κ3) is 3.12. The second-order valence-electron chi connectivity index (χ2n) is 5.35. The molecule has 0 aliphatic heterocycles. The highest BCUT2D eigenvalue weighted by molar-refractivity contribution is 5.99. The Labute approximate surface area is 139 Å². The van der Waals surface area contributed by atoms with E-state index in [0.29, 0.717) is 18.0 Å². The van der Waals surface area contributed by atoms with Gasteiger partial charge in [0.15, 0.2) is 5.82 Å². The summed E-state index contributed by atoms with van der Waals surface area (Å²) >= 11 is 0. The van der Waals surface area contributed by atoms with Crippen LogP contribution in [0.1, 0.15) is 22.4 Å². The molecule has 0 saturated carbocycles. The average Bonchev–Trinajstić information content (AvgIpc) is 2.98. The summed E-state index contributed by atoms with van der Waals surface area (Å²) in [6, 6.07) is 12.0. The van der Waals surface area contributed by atoms with E-state index >= 15 is 0 Å². The van der Waals surface area contributed by atoms with Crippen LogP contribution in [-0.4, -0.2) is 23.3 Å². The Hall–Kier alpha value is -3.17. The number of nitriles is 1.